The van der Waals surface area contributed by atoms with Gasteiger partial charge in [-0.2, -0.15) is 0 Å². The van der Waals surface area contributed by atoms with Crippen molar-refractivity contribution >= 4 is 23.2 Å². The van der Waals surface area contributed by atoms with Crippen LogP contribution in [0.2, 0.25) is 5.02 Å². The van der Waals surface area contributed by atoms with Crippen molar-refractivity contribution in [3.63, 3.8) is 0 Å². The minimum Gasteiger partial charge on any atom is -0.368 e. The molecule has 22 heavy (non-hydrogen) atoms. The van der Waals surface area contributed by atoms with Gasteiger partial charge < -0.3 is 10.2 Å². The molecule has 0 aliphatic carbocycles. The van der Waals surface area contributed by atoms with E-state index in [-0.39, 0.29) is 11.9 Å². The highest BCUT2D eigenvalue weighted by atomic mass is 35.5. The van der Waals surface area contributed by atoms with Gasteiger partial charge in [-0.1, -0.05) is 37.1 Å². The molecule has 1 aliphatic heterocycles. The summed E-state index contributed by atoms with van der Waals surface area (Å²) in [5.74, 6) is 0.132. The van der Waals surface area contributed by atoms with E-state index in [4.69, 9.17) is 11.6 Å². The second kappa shape index (κ2) is 8.39. The number of nitrogens with one attached hydrogen (secondary N) is 1. The summed E-state index contributed by atoms with van der Waals surface area (Å²) in [6.07, 6.45) is 2.13. The first kappa shape index (κ1) is 17.1. The van der Waals surface area contributed by atoms with E-state index in [1.807, 2.05) is 18.2 Å². The number of amides is 1. The van der Waals surface area contributed by atoms with Gasteiger partial charge in [0.1, 0.15) is 0 Å². The SMILES string of the molecule is CCC[C@@H](C)NC(=O)CN1CCN(c2ccccc2Cl)CC1. The Morgan fingerprint density at radius 3 is 2.59 bits per heavy atom. The second-order valence-corrected chi connectivity index (χ2v) is 6.38. The average Bonchev–Trinajstić information content (AvgIpc) is 2.49. The van der Waals surface area contributed by atoms with Gasteiger partial charge in [0.25, 0.3) is 0 Å². The molecule has 0 radical (unpaired) electrons. The van der Waals surface area contributed by atoms with Crippen LogP contribution in [0.25, 0.3) is 0 Å². The van der Waals surface area contributed by atoms with Gasteiger partial charge in [0, 0.05) is 32.2 Å². The molecule has 1 N–H and O–H groups in total. The van der Waals surface area contributed by atoms with Gasteiger partial charge in [-0.3, -0.25) is 9.69 Å². The fourth-order valence-electron chi connectivity index (χ4n) is 2.88. The van der Waals surface area contributed by atoms with Crippen molar-refractivity contribution in [1.82, 2.24) is 10.2 Å². The summed E-state index contributed by atoms with van der Waals surface area (Å²) < 4.78 is 0. The molecule has 4 nitrogen and oxygen atoms in total. The number of rotatable bonds is 6. The lowest BCUT2D eigenvalue weighted by Gasteiger charge is -2.36. The van der Waals surface area contributed by atoms with E-state index in [1.165, 1.54) is 0 Å². The van der Waals surface area contributed by atoms with Crippen LogP contribution in [0.4, 0.5) is 5.69 Å². The Balaban J connectivity index is 1.78. The second-order valence-electron chi connectivity index (χ2n) is 5.97. The average molecular weight is 324 g/mol. The van der Waals surface area contributed by atoms with Crippen LogP contribution < -0.4 is 10.2 Å². The van der Waals surface area contributed by atoms with Crippen molar-refractivity contribution in [2.24, 2.45) is 0 Å². The number of piperazine rings is 1. The first-order chi connectivity index (χ1) is 10.6. The molecule has 0 unspecified atom stereocenters. The Morgan fingerprint density at radius 1 is 1.27 bits per heavy atom. The van der Waals surface area contributed by atoms with Gasteiger partial charge in [0.05, 0.1) is 17.3 Å². The number of nitrogens with zero attached hydrogens (tertiary/aromatic N) is 2. The molecular formula is C17H26ClN3O. The topological polar surface area (TPSA) is 35.6 Å². The monoisotopic (exact) mass is 323 g/mol. The number of carbonyl (C=O) groups is 1. The zero-order chi connectivity index (χ0) is 15.9. The highest BCUT2D eigenvalue weighted by molar-refractivity contribution is 6.33. The van der Waals surface area contributed by atoms with Gasteiger partial charge in [-0.05, 0) is 25.5 Å². The van der Waals surface area contributed by atoms with Crippen LogP contribution in [-0.4, -0.2) is 49.6 Å². The summed E-state index contributed by atoms with van der Waals surface area (Å²) in [4.78, 5) is 16.5. The third kappa shape index (κ3) is 4.89. The lowest BCUT2D eigenvalue weighted by Crippen LogP contribution is -2.50. The van der Waals surface area contributed by atoms with Crippen molar-refractivity contribution in [1.29, 1.82) is 0 Å². The predicted molar refractivity (Wildman–Crippen MR) is 92.6 cm³/mol. The molecule has 1 aliphatic rings. The van der Waals surface area contributed by atoms with Crippen molar-refractivity contribution in [3.8, 4) is 0 Å². The normalized spacial score (nSPS) is 17.3. The molecule has 1 fully saturated rings. The molecule has 1 saturated heterocycles. The van der Waals surface area contributed by atoms with Crippen molar-refractivity contribution in [2.75, 3.05) is 37.6 Å². The molecule has 1 heterocycles. The quantitative estimate of drug-likeness (QED) is 0.874. The van der Waals surface area contributed by atoms with E-state index >= 15 is 0 Å². The molecule has 1 aromatic rings. The summed E-state index contributed by atoms with van der Waals surface area (Å²) in [5, 5.41) is 3.86. The van der Waals surface area contributed by atoms with Crippen LogP contribution in [0.1, 0.15) is 26.7 Å². The fourth-order valence-corrected chi connectivity index (χ4v) is 3.14. The summed E-state index contributed by atoms with van der Waals surface area (Å²) in [5.41, 5.74) is 1.09. The summed E-state index contributed by atoms with van der Waals surface area (Å²) in [7, 11) is 0. The largest absolute Gasteiger partial charge is 0.368 e. The fraction of sp³-hybridized carbons (Fsp3) is 0.588. The zero-order valence-corrected chi connectivity index (χ0v) is 14.3. The van der Waals surface area contributed by atoms with Gasteiger partial charge in [0.15, 0.2) is 0 Å². The van der Waals surface area contributed by atoms with E-state index in [9.17, 15) is 4.79 Å². The molecule has 122 valence electrons. The maximum Gasteiger partial charge on any atom is 0.234 e. The smallest absolute Gasteiger partial charge is 0.234 e. The number of carbonyl (C=O) groups excluding carboxylic acids is 1. The third-order valence-electron chi connectivity index (χ3n) is 4.06. The molecule has 1 aromatic carbocycles. The van der Waals surface area contributed by atoms with Crippen LogP contribution in [0.15, 0.2) is 24.3 Å². The maximum absolute atomic E-state index is 12.0. The molecular weight excluding hydrogens is 298 g/mol. The Morgan fingerprint density at radius 2 is 1.95 bits per heavy atom. The minimum absolute atomic E-state index is 0.132. The maximum atomic E-state index is 12.0. The van der Waals surface area contributed by atoms with E-state index < -0.39 is 0 Å². The molecule has 0 saturated carbocycles. The van der Waals surface area contributed by atoms with E-state index in [0.717, 1.165) is 49.7 Å². The Labute approximate surface area is 138 Å². The highest BCUT2D eigenvalue weighted by Gasteiger charge is 2.20. The first-order valence-corrected chi connectivity index (χ1v) is 8.49. The van der Waals surface area contributed by atoms with Crippen LogP contribution in [0.3, 0.4) is 0 Å². The molecule has 0 bridgehead atoms. The van der Waals surface area contributed by atoms with Gasteiger partial charge in [0.2, 0.25) is 5.91 Å². The zero-order valence-electron chi connectivity index (χ0n) is 13.5. The van der Waals surface area contributed by atoms with Gasteiger partial charge >= 0.3 is 0 Å². The van der Waals surface area contributed by atoms with Gasteiger partial charge in [-0.15, -0.1) is 0 Å². The molecule has 1 atom stereocenters. The first-order valence-electron chi connectivity index (χ1n) is 8.11. The van der Waals surface area contributed by atoms with Crippen LogP contribution in [0.5, 0.6) is 0 Å². The number of para-hydroxylation sites is 1. The van der Waals surface area contributed by atoms with Gasteiger partial charge in [-0.25, -0.2) is 0 Å². The molecule has 1 amide bonds. The molecule has 2 rings (SSSR count). The van der Waals surface area contributed by atoms with Crippen molar-refractivity contribution in [3.05, 3.63) is 29.3 Å². The molecule has 5 heteroatoms. The Kier molecular flexibility index (Phi) is 6.52. The van der Waals surface area contributed by atoms with Crippen LogP contribution in [0, 0.1) is 0 Å². The summed E-state index contributed by atoms with van der Waals surface area (Å²) in [6.45, 7) is 8.28. The number of hydrogen-bond acceptors (Lipinski definition) is 3. The van der Waals surface area contributed by atoms with E-state index in [1.54, 1.807) is 0 Å². The lowest BCUT2D eigenvalue weighted by atomic mass is 10.2. The minimum atomic E-state index is 0.132. The van der Waals surface area contributed by atoms with E-state index in [2.05, 4.69) is 35.0 Å². The standard InChI is InChI=1S/C17H26ClN3O/c1-3-6-14(2)19-17(22)13-20-9-11-21(12-10-20)16-8-5-4-7-15(16)18/h4-5,7-8,14H,3,6,9-13H2,1-2H3,(H,19,22)/t14-/m1/s1. The Bertz CT molecular complexity index is 487. The van der Waals surface area contributed by atoms with Crippen molar-refractivity contribution in [2.45, 2.75) is 32.7 Å². The lowest BCUT2D eigenvalue weighted by molar-refractivity contribution is -0.122. The Hall–Kier alpha value is -1.26. The number of anilines is 1. The molecule has 0 aromatic heterocycles. The van der Waals surface area contributed by atoms with Crippen molar-refractivity contribution < 1.29 is 4.79 Å². The third-order valence-corrected chi connectivity index (χ3v) is 4.38. The van der Waals surface area contributed by atoms with Crippen LogP contribution >= 0.6 is 11.6 Å². The summed E-state index contributed by atoms with van der Waals surface area (Å²) >= 11 is 6.25. The molecule has 0 spiro atoms. The predicted octanol–water partition coefficient (Wildman–Crippen LogP) is 2.77. The number of hydrogen-bond donors (Lipinski definition) is 1. The number of benzene rings is 1. The van der Waals surface area contributed by atoms with Crippen LogP contribution in [-0.2, 0) is 4.79 Å². The highest BCUT2D eigenvalue weighted by Crippen LogP contribution is 2.25. The van der Waals surface area contributed by atoms with E-state index in [0.29, 0.717) is 6.54 Å². The number of halogens is 1. The summed E-state index contributed by atoms with van der Waals surface area (Å²) in [6, 6.07) is 8.20.